The summed E-state index contributed by atoms with van der Waals surface area (Å²) in [4.78, 5) is 20.2. The monoisotopic (exact) mass is 362 g/mol. The number of hydrogen-bond acceptors (Lipinski definition) is 4. The topological polar surface area (TPSA) is 72.3 Å². The molecule has 0 radical (unpaired) electrons. The SMILES string of the molecule is CCCCc1cnc(-c2ccc(OC)cc2)c(-c2ccc(C(=O)O)cn2)c1. The molecule has 138 valence electrons. The van der Waals surface area contributed by atoms with Gasteiger partial charge in [-0.2, -0.15) is 0 Å². The molecular formula is C22H22N2O3. The van der Waals surface area contributed by atoms with Gasteiger partial charge in [-0.3, -0.25) is 9.97 Å². The molecule has 3 aromatic rings. The minimum Gasteiger partial charge on any atom is -0.497 e. The van der Waals surface area contributed by atoms with Crippen molar-refractivity contribution in [1.29, 1.82) is 0 Å². The molecule has 27 heavy (non-hydrogen) atoms. The molecule has 0 saturated carbocycles. The van der Waals surface area contributed by atoms with Crippen molar-refractivity contribution in [2.24, 2.45) is 0 Å². The van der Waals surface area contributed by atoms with E-state index in [1.54, 1.807) is 19.2 Å². The van der Waals surface area contributed by atoms with Crippen molar-refractivity contribution >= 4 is 5.97 Å². The Bertz CT molecular complexity index is 919. The molecule has 5 nitrogen and oxygen atoms in total. The number of benzene rings is 1. The van der Waals surface area contributed by atoms with Crippen LogP contribution in [0.4, 0.5) is 0 Å². The number of pyridine rings is 2. The molecule has 1 N–H and O–H groups in total. The Labute approximate surface area is 158 Å². The number of methoxy groups -OCH3 is 1. The van der Waals surface area contributed by atoms with Crippen LogP contribution in [0.2, 0.25) is 0 Å². The summed E-state index contributed by atoms with van der Waals surface area (Å²) in [5.74, 6) is -0.206. The molecule has 0 unspecified atom stereocenters. The van der Waals surface area contributed by atoms with Crippen molar-refractivity contribution in [3.63, 3.8) is 0 Å². The van der Waals surface area contributed by atoms with Crippen LogP contribution in [0, 0.1) is 0 Å². The van der Waals surface area contributed by atoms with Gasteiger partial charge in [0.25, 0.3) is 0 Å². The lowest BCUT2D eigenvalue weighted by atomic mass is 9.99. The fourth-order valence-electron chi connectivity index (χ4n) is 2.88. The minimum absolute atomic E-state index is 0.167. The molecule has 0 saturated heterocycles. The molecule has 0 aliphatic carbocycles. The van der Waals surface area contributed by atoms with E-state index in [9.17, 15) is 4.79 Å². The first kappa shape index (κ1) is 18.6. The number of carboxylic acid groups (broad SMARTS) is 1. The highest BCUT2D eigenvalue weighted by Crippen LogP contribution is 2.31. The van der Waals surface area contributed by atoms with Crippen molar-refractivity contribution in [2.45, 2.75) is 26.2 Å². The number of aryl methyl sites for hydroxylation is 1. The van der Waals surface area contributed by atoms with Gasteiger partial charge in [-0.1, -0.05) is 13.3 Å². The first-order valence-electron chi connectivity index (χ1n) is 8.95. The lowest BCUT2D eigenvalue weighted by Gasteiger charge is -2.12. The predicted molar refractivity (Wildman–Crippen MR) is 105 cm³/mol. The lowest BCUT2D eigenvalue weighted by Crippen LogP contribution is -1.99. The van der Waals surface area contributed by atoms with Gasteiger partial charge in [-0.15, -0.1) is 0 Å². The summed E-state index contributed by atoms with van der Waals surface area (Å²) in [5.41, 5.74) is 4.68. The summed E-state index contributed by atoms with van der Waals surface area (Å²) in [6.07, 6.45) is 6.45. The molecule has 1 aromatic carbocycles. The number of aromatic carboxylic acids is 1. The summed E-state index contributed by atoms with van der Waals surface area (Å²) < 4.78 is 5.23. The first-order valence-corrected chi connectivity index (χ1v) is 8.95. The molecule has 0 spiro atoms. The highest BCUT2D eigenvalue weighted by atomic mass is 16.5. The Balaban J connectivity index is 2.07. The van der Waals surface area contributed by atoms with E-state index in [4.69, 9.17) is 14.8 Å². The molecule has 0 fully saturated rings. The van der Waals surface area contributed by atoms with Crippen LogP contribution in [0.15, 0.2) is 54.9 Å². The smallest absolute Gasteiger partial charge is 0.337 e. The molecule has 2 aromatic heterocycles. The molecule has 0 aliphatic heterocycles. The van der Waals surface area contributed by atoms with E-state index in [1.165, 1.54) is 6.20 Å². The molecular weight excluding hydrogens is 340 g/mol. The maximum Gasteiger partial charge on any atom is 0.337 e. The van der Waals surface area contributed by atoms with Gasteiger partial charge in [0.15, 0.2) is 0 Å². The zero-order valence-electron chi connectivity index (χ0n) is 15.5. The van der Waals surface area contributed by atoms with Crippen LogP contribution in [-0.4, -0.2) is 28.2 Å². The highest BCUT2D eigenvalue weighted by Gasteiger charge is 2.13. The quantitative estimate of drug-likeness (QED) is 0.650. The fraction of sp³-hybridized carbons (Fsp3) is 0.227. The van der Waals surface area contributed by atoms with Crippen LogP contribution in [0.3, 0.4) is 0 Å². The maximum atomic E-state index is 11.1. The van der Waals surface area contributed by atoms with Crippen molar-refractivity contribution in [3.8, 4) is 28.3 Å². The second kappa shape index (κ2) is 8.45. The van der Waals surface area contributed by atoms with Gasteiger partial charge in [0, 0.05) is 23.5 Å². The van der Waals surface area contributed by atoms with Crippen LogP contribution in [0.5, 0.6) is 5.75 Å². The zero-order chi connectivity index (χ0) is 19.2. The number of carboxylic acids is 1. The van der Waals surface area contributed by atoms with Crippen LogP contribution >= 0.6 is 0 Å². The lowest BCUT2D eigenvalue weighted by molar-refractivity contribution is 0.0696. The van der Waals surface area contributed by atoms with E-state index in [-0.39, 0.29) is 5.56 Å². The average molecular weight is 362 g/mol. The van der Waals surface area contributed by atoms with Crippen molar-refractivity contribution in [3.05, 3.63) is 66.0 Å². The minimum atomic E-state index is -0.987. The van der Waals surface area contributed by atoms with E-state index in [1.807, 2.05) is 30.5 Å². The van der Waals surface area contributed by atoms with E-state index < -0.39 is 5.97 Å². The van der Waals surface area contributed by atoms with E-state index in [0.29, 0.717) is 5.69 Å². The Hall–Kier alpha value is -3.21. The number of unbranched alkanes of at least 4 members (excludes halogenated alkanes) is 1. The molecule has 0 bridgehead atoms. The molecule has 3 rings (SSSR count). The van der Waals surface area contributed by atoms with Crippen molar-refractivity contribution < 1.29 is 14.6 Å². The first-order chi connectivity index (χ1) is 13.1. The summed E-state index contributed by atoms with van der Waals surface area (Å²) in [5, 5.41) is 9.11. The predicted octanol–water partition coefficient (Wildman–Crippen LogP) is 4.86. The third kappa shape index (κ3) is 4.31. The number of carbonyl (C=O) groups is 1. The van der Waals surface area contributed by atoms with Crippen LogP contribution in [-0.2, 0) is 6.42 Å². The third-order valence-corrected chi connectivity index (χ3v) is 4.41. The summed E-state index contributed by atoms with van der Waals surface area (Å²) in [6, 6.07) is 13.1. The van der Waals surface area contributed by atoms with Crippen LogP contribution in [0.1, 0.15) is 35.7 Å². The molecule has 0 atom stereocenters. The van der Waals surface area contributed by atoms with Gasteiger partial charge < -0.3 is 9.84 Å². The van der Waals surface area contributed by atoms with Gasteiger partial charge in [0.1, 0.15) is 5.75 Å². The number of ether oxygens (including phenoxy) is 1. The van der Waals surface area contributed by atoms with Gasteiger partial charge in [-0.05, 0) is 60.9 Å². The maximum absolute atomic E-state index is 11.1. The average Bonchev–Trinajstić information content (AvgIpc) is 2.72. The number of aromatic nitrogens is 2. The van der Waals surface area contributed by atoms with E-state index in [0.717, 1.165) is 47.4 Å². The van der Waals surface area contributed by atoms with E-state index >= 15 is 0 Å². The zero-order valence-corrected chi connectivity index (χ0v) is 15.5. The Morgan fingerprint density at radius 3 is 2.44 bits per heavy atom. The number of nitrogens with zero attached hydrogens (tertiary/aromatic N) is 2. The second-order valence-electron chi connectivity index (χ2n) is 6.31. The Morgan fingerprint density at radius 1 is 1.07 bits per heavy atom. The van der Waals surface area contributed by atoms with Crippen LogP contribution < -0.4 is 4.74 Å². The van der Waals surface area contributed by atoms with E-state index in [2.05, 4.69) is 18.0 Å². The van der Waals surface area contributed by atoms with Crippen LogP contribution in [0.25, 0.3) is 22.5 Å². The van der Waals surface area contributed by atoms with Gasteiger partial charge in [0.2, 0.25) is 0 Å². The van der Waals surface area contributed by atoms with Crippen molar-refractivity contribution in [2.75, 3.05) is 7.11 Å². The Morgan fingerprint density at radius 2 is 1.85 bits per heavy atom. The molecule has 5 heteroatoms. The standard InChI is InChI=1S/C22H22N2O3/c1-3-4-5-15-12-19(20-11-8-17(14-23-20)22(25)26)21(24-13-15)16-6-9-18(27-2)10-7-16/h6-14H,3-5H2,1-2H3,(H,25,26). The number of hydrogen-bond donors (Lipinski definition) is 1. The largest absolute Gasteiger partial charge is 0.497 e. The van der Waals surface area contributed by atoms with Crippen molar-refractivity contribution in [1.82, 2.24) is 9.97 Å². The normalized spacial score (nSPS) is 10.6. The molecule has 0 aliphatic rings. The Kier molecular flexibility index (Phi) is 5.81. The third-order valence-electron chi connectivity index (χ3n) is 4.41. The highest BCUT2D eigenvalue weighted by molar-refractivity contribution is 5.88. The second-order valence-corrected chi connectivity index (χ2v) is 6.31. The molecule has 2 heterocycles. The van der Waals surface area contributed by atoms with Gasteiger partial charge in [-0.25, -0.2) is 4.79 Å². The van der Waals surface area contributed by atoms with Gasteiger partial charge in [0.05, 0.1) is 24.1 Å². The molecule has 0 amide bonds. The summed E-state index contributed by atoms with van der Waals surface area (Å²) >= 11 is 0. The summed E-state index contributed by atoms with van der Waals surface area (Å²) in [6.45, 7) is 2.16. The van der Waals surface area contributed by atoms with Gasteiger partial charge >= 0.3 is 5.97 Å². The summed E-state index contributed by atoms with van der Waals surface area (Å²) in [7, 11) is 1.63. The fourth-order valence-corrected chi connectivity index (χ4v) is 2.88. The number of rotatable bonds is 7.